The van der Waals surface area contributed by atoms with Gasteiger partial charge < -0.3 is 10.6 Å². The molecule has 7 heteroatoms. The van der Waals surface area contributed by atoms with Crippen molar-refractivity contribution in [1.29, 1.82) is 0 Å². The molecule has 1 amide bonds. The smallest absolute Gasteiger partial charge is 0.239 e. The Morgan fingerprint density at radius 3 is 2.45 bits per heavy atom. The SMILES string of the molecule is CCN(CC)S(=O)(=O)CC(=O)N1CCC[C@@H](C)[C@H]1CN. The van der Waals surface area contributed by atoms with Crippen LogP contribution in [0.3, 0.4) is 0 Å². The summed E-state index contributed by atoms with van der Waals surface area (Å²) in [6.07, 6.45) is 1.95. The Kier molecular flexibility index (Phi) is 6.42. The average Bonchev–Trinajstić information content (AvgIpc) is 2.38. The second kappa shape index (κ2) is 7.38. The Morgan fingerprint density at radius 2 is 1.95 bits per heavy atom. The Balaban J connectivity index is 2.79. The van der Waals surface area contributed by atoms with Crippen LogP contribution >= 0.6 is 0 Å². The molecule has 0 aliphatic carbocycles. The van der Waals surface area contributed by atoms with Gasteiger partial charge >= 0.3 is 0 Å². The standard InChI is InChI=1S/C13H27N3O3S/c1-4-15(5-2)20(18,19)10-13(17)16-8-6-7-11(3)12(16)9-14/h11-12H,4-10,14H2,1-3H3/t11-,12-/m1/s1. The first kappa shape index (κ1) is 17.4. The molecular formula is C13H27N3O3S. The van der Waals surface area contributed by atoms with E-state index in [1.54, 1.807) is 18.7 Å². The molecule has 1 saturated heterocycles. The number of piperidine rings is 1. The molecule has 0 unspecified atom stereocenters. The Morgan fingerprint density at radius 1 is 1.35 bits per heavy atom. The topological polar surface area (TPSA) is 83.7 Å². The number of carbonyl (C=O) groups excluding carboxylic acids is 1. The number of hydrogen-bond donors (Lipinski definition) is 1. The van der Waals surface area contributed by atoms with Crippen molar-refractivity contribution in [2.75, 3.05) is 31.9 Å². The fraction of sp³-hybridized carbons (Fsp3) is 0.923. The van der Waals surface area contributed by atoms with Crippen LogP contribution in [0.25, 0.3) is 0 Å². The van der Waals surface area contributed by atoms with E-state index in [9.17, 15) is 13.2 Å². The van der Waals surface area contributed by atoms with Gasteiger partial charge in [-0.1, -0.05) is 20.8 Å². The minimum atomic E-state index is -3.52. The highest BCUT2D eigenvalue weighted by molar-refractivity contribution is 7.89. The van der Waals surface area contributed by atoms with E-state index in [2.05, 4.69) is 6.92 Å². The van der Waals surface area contributed by atoms with Crippen molar-refractivity contribution >= 4 is 15.9 Å². The summed E-state index contributed by atoms with van der Waals surface area (Å²) in [6.45, 7) is 7.40. The molecule has 1 heterocycles. The van der Waals surface area contributed by atoms with Gasteiger partial charge in [0.25, 0.3) is 0 Å². The maximum Gasteiger partial charge on any atom is 0.239 e. The molecule has 0 bridgehead atoms. The molecule has 0 radical (unpaired) electrons. The van der Waals surface area contributed by atoms with E-state index in [1.807, 2.05) is 0 Å². The summed E-state index contributed by atoms with van der Waals surface area (Å²) in [6, 6.07) is -0.0387. The Labute approximate surface area is 122 Å². The lowest BCUT2D eigenvalue weighted by molar-refractivity contribution is -0.133. The monoisotopic (exact) mass is 305 g/mol. The van der Waals surface area contributed by atoms with E-state index in [0.29, 0.717) is 32.1 Å². The summed E-state index contributed by atoms with van der Waals surface area (Å²) in [5, 5.41) is 0. The summed E-state index contributed by atoms with van der Waals surface area (Å²) in [7, 11) is -3.52. The minimum absolute atomic E-state index is 0.0387. The summed E-state index contributed by atoms with van der Waals surface area (Å²) in [5.74, 6) is -0.439. The second-order valence-electron chi connectivity index (χ2n) is 5.35. The van der Waals surface area contributed by atoms with Gasteiger partial charge in [-0.2, -0.15) is 0 Å². The van der Waals surface area contributed by atoms with E-state index < -0.39 is 15.8 Å². The van der Waals surface area contributed by atoms with E-state index in [1.165, 1.54) is 4.31 Å². The van der Waals surface area contributed by atoms with Crippen LogP contribution < -0.4 is 5.73 Å². The van der Waals surface area contributed by atoms with Crippen molar-refractivity contribution in [2.24, 2.45) is 11.7 Å². The summed E-state index contributed by atoms with van der Waals surface area (Å²) in [5.41, 5.74) is 5.74. The van der Waals surface area contributed by atoms with E-state index in [-0.39, 0.29) is 11.9 Å². The van der Waals surface area contributed by atoms with Gasteiger partial charge in [-0.3, -0.25) is 4.79 Å². The van der Waals surface area contributed by atoms with Gasteiger partial charge in [-0.15, -0.1) is 0 Å². The van der Waals surface area contributed by atoms with Crippen LogP contribution in [0.4, 0.5) is 0 Å². The minimum Gasteiger partial charge on any atom is -0.337 e. The molecular weight excluding hydrogens is 278 g/mol. The molecule has 0 aromatic carbocycles. The highest BCUT2D eigenvalue weighted by Gasteiger charge is 2.33. The molecule has 1 fully saturated rings. The van der Waals surface area contributed by atoms with Crippen molar-refractivity contribution in [3.63, 3.8) is 0 Å². The molecule has 0 spiro atoms. The quantitative estimate of drug-likeness (QED) is 0.762. The third-order valence-electron chi connectivity index (χ3n) is 4.08. The zero-order valence-electron chi connectivity index (χ0n) is 12.7. The first-order valence-corrected chi connectivity index (χ1v) is 8.95. The Hall–Kier alpha value is -0.660. The number of likely N-dealkylation sites (tertiary alicyclic amines) is 1. The molecule has 0 aromatic heterocycles. The molecule has 2 N–H and O–H groups in total. The lowest BCUT2D eigenvalue weighted by atomic mass is 9.91. The first-order valence-electron chi connectivity index (χ1n) is 7.34. The highest BCUT2D eigenvalue weighted by Crippen LogP contribution is 2.23. The molecule has 1 rings (SSSR count). The lowest BCUT2D eigenvalue weighted by Crippen LogP contribution is -2.53. The van der Waals surface area contributed by atoms with Gasteiger partial charge in [0.1, 0.15) is 5.75 Å². The normalized spacial score (nSPS) is 24.1. The van der Waals surface area contributed by atoms with Gasteiger partial charge in [0.05, 0.1) is 0 Å². The summed E-state index contributed by atoms with van der Waals surface area (Å²) < 4.78 is 25.7. The lowest BCUT2D eigenvalue weighted by Gasteiger charge is -2.39. The molecule has 6 nitrogen and oxygen atoms in total. The predicted octanol–water partition coefficient (Wildman–Crippen LogP) is 0.244. The van der Waals surface area contributed by atoms with Crippen molar-refractivity contribution in [1.82, 2.24) is 9.21 Å². The molecule has 0 aromatic rings. The number of hydrogen-bond acceptors (Lipinski definition) is 4. The maximum absolute atomic E-state index is 12.3. The number of nitrogens with two attached hydrogens (primary N) is 1. The van der Waals surface area contributed by atoms with Gasteiger partial charge in [0.2, 0.25) is 15.9 Å². The van der Waals surface area contributed by atoms with Crippen molar-refractivity contribution in [3.8, 4) is 0 Å². The number of amides is 1. The van der Waals surface area contributed by atoms with E-state index in [4.69, 9.17) is 5.73 Å². The largest absolute Gasteiger partial charge is 0.337 e. The van der Waals surface area contributed by atoms with Crippen LogP contribution in [0.5, 0.6) is 0 Å². The summed E-state index contributed by atoms with van der Waals surface area (Å²) in [4.78, 5) is 14.0. The van der Waals surface area contributed by atoms with Crippen LogP contribution in [0.15, 0.2) is 0 Å². The third-order valence-corrected chi connectivity index (χ3v) is 6.00. The fourth-order valence-electron chi connectivity index (χ4n) is 2.87. The number of rotatable bonds is 6. The fourth-order valence-corrected chi connectivity index (χ4v) is 4.31. The number of sulfonamides is 1. The first-order chi connectivity index (χ1) is 9.37. The molecule has 118 valence electrons. The average molecular weight is 305 g/mol. The van der Waals surface area contributed by atoms with Crippen LogP contribution in [-0.4, -0.2) is 61.5 Å². The molecule has 0 saturated carbocycles. The molecule has 1 aliphatic heterocycles. The van der Waals surface area contributed by atoms with Crippen LogP contribution in [0.1, 0.15) is 33.6 Å². The maximum atomic E-state index is 12.3. The van der Waals surface area contributed by atoms with Crippen molar-refractivity contribution in [3.05, 3.63) is 0 Å². The third kappa shape index (κ3) is 3.93. The van der Waals surface area contributed by atoms with Gasteiger partial charge in [0, 0.05) is 32.2 Å². The molecule has 1 aliphatic rings. The van der Waals surface area contributed by atoms with E-state index in [0.717, 1.165) is 12.8 Å². The summed E-state index contributed by atoms with van der Waals surface area (Å²) >= 11 is 0. The predicted molar refractivity (Wildman–Crippen MR) is 79.7 cm³/mol. The zero-order valence-corrected chi connectivity index (χ0v) is 13.5. The van der Waals surface area contributed by atoms with E-state index >= 15 is 0 Å². The molecule has 2 atom stereocenters. The van der Waals surface area contributed by atoms with Crippen LogP contribution in [0, 0.1) is 5.92 Å². The van der Waals surface area contributed by atoms with Gasteiger partial charge in [-0.25, -0.2) is 12.7 Å². The van der Waals surface area contributed by atoms with Gasteiger partial charge in [0.15, 0.2) is 0 Å². The Bertz CT molecular complexity index is 421. The van der Waals surface area contributed by atoms with Gasteiger partial charge in [-0.05, 0) is 18.8 Å². The van der Waals surface area contributed by atoms with Crippen molar-refractivity contribution < 1.29 is 13.2 Å². The second-order valence-corrected chi connectivity index (χ2v) is 7.32. The van der Waals surface area contributed by atoms with Crippen LogP contribution in [-0.2, 0) is 14.8 Å². The number of nitrogens with zero attached hydrogens (tertiary/aromatic N) is 2. The zero-order chi connectivity index (χ0) is 15.3. The number of carbonyl (C=O) groups is 1. The van der Waals surface area contributed by atoms with Crippen LogP contribution in [0.2, 0.25) is 0 Å². The highest BCUT2D eigenvalue weighted by atomic mass is 32.2. The molecule has 20 heavy (non-hydrogen) atoms. The van der Waals surface area contributed by atoms with Crippen molar-refractivity contribution in [2.45, 2.75) is 39.7 Å².